The van der Waals surface area contributed by atoms with Gasteiger partial charge in [0.05, 0.1) is 16.6 Å². The minimum absolute atomic E-state index is 0.471. The fourth-order valence-corrected chi connectivity index (χ4v) is 4.73. The van der Waals surface area contributed by atoms with Crippen molar-refractivity contribution in [3.63, 3.8) is 0 Å². The largest absolute Gasteiger partial charge is 0.368 e. The van der Waals surface area contributed by atoms with Gasteiger partial charge in [0.2, 0.25) is 0 Å². The Hall–Kier alpha value is -3.32. The molecule has 150 valence electrons. The van der Waals surface area contributed by atoms with Crippen molar-refractivity contribution in [2.45, 2.75) is 52.0 Å². The minimum Gasteiger partial charge on any atom is -0.368 e. The summed E-state index contributed by atoms with van der Waals surface area (Å²) in [5.41, 5.74) is 8.14. The van der Waals surface area contributed by atoms with Gasteiger partial charge in [0.25, 0.3) is 0 Å². The van der Waals surface area contributed by atoms with E-state index in [9.17, 15) is 5.26 Å². The van der Waals surface area contributed by atoms with Crippen LogP contribution in [-0.4, -0.2) is 15.4 Å². The van der Waals surface area contributed by atoms with Crippen LogP contribution in [0.4, 0.5) is 5.82 Å². The van der Waals surface area contributed by atoms with E-state index in [0.29, 0.717) is 11.6 Å². The van der Waals surface area contributed by atoms with Crippen LogP contribution >= 0.6 is 0 Å². The number of fused-ring (bicyclic) bond motifs is 3. The topological polar surface area (TPSA) is 53.1 Å². The third-order valence-corrected chi connectivity index (χ3v) is 6.43. The fraction of sp³-hybridized carbons (Fsp3) is 0.308. The molecule has 4 heteroatoms. The number of imidazole rings is 1. The molecular weight excluding hydrogens is 368 g/mol. The number of nitrogens with zero attached hydrogens (tertiary/aromatic N) is 3. The number of aromatic nitrogens is 2. The molecule has 4 nitrogen and oxygen atoms in total. The summed E-state index contributed by atoms with van der Waals surface area (Å²) in [6.07, 6.45) is 5.72. The van der Waals surface area contributed by atoms with Crippen LogP contribution in [0.25, 0.3) is 16.7 Å². The molecule has 1 aliphatic carbocycles. The average Bonchev–Trinajstić information content (AvgIpc) is 3.40. The Bertz CT molecular complexity index is 1270. The second kappa shape index (κ2) is 7.50. The molecule has 0 aliphatic heterocycles. The standard InChI is InChI=1S/C26H26N4/c1-17-11-13-19(14-12-17)15-21-18(2)22(16-27)26-29-23-9-5-6-10-24(23)30(26)25(21)28-20-7-3-4-8-20/h5-6,9-14,20,28H,3-4,7-8,15H2,1-2H3. The summed E-state index contributed by atoms with van der Waals surface area (Å²) < 4.78 is 2.18. The maximum absolute atomic E-state index is 10.0. The summed E-state index contributed by atoms with van der Waals surface area (Å²) in [7, 11) is 0. The molecule has 2 heterocycles. The zero-order valence-corrected chi connectivity index (χ0v) is 17.6. The van der Waals surface area contributed by atoms with Crippen molar-refractivity contribution >= 4 is 22.5 Å². The molecule has 0 amide bonds. The molecule has 1 aliphatic rings. The maximum Gasteiger partial charge on any atom is 0.157 e. The predicted molar refractivity (Wildman–Crippen MR) is 122 cm³/mol. The Morgan fingerprint density at radius 3 is 2.53 bits per heavy atom. The Morgan fingerprint density at radius 1 is 1.07 bits per heavy atom. The maximum atomic E-state index is 10.0. The molecule has 0 unspecified atom stereocenters. The molecule has 0 atom stereocenters. The Morgan fingerprint density at radius 2 is 1.80 bits per heavy atom. The Labute approximate surface area is 177 Å². The summed E-state index contributed by atoms with van der Waals surface area (Å²) in [6, 6.07) is 19.8. The van der Waals surface area contributed by atoms with Gasteiger partial charge >= 0.3 is 0 Å². The van der Waals surface area contributed by atoms with Crippen molar-refractivity contribution in [2.24, 2.45) is 0 Å². The summed E-state index contributed by atoms with van der Waals surface area (Å²) in [4.78, 5) is 4.84. The van der Waals surface area contributed by atoms with E-state index in [1.807, 2.05) is 18.2 Å². The van der Waals surface area contributed by atoms with Crippen LogP contribution < -0.4 is 5.32 Å². The summed E-state index contributed by atoms with van der Waals surface area (Å²) in [6.45, 7) is 4.18. The van der Waals surface area contributed by atoms with Gasteiger partial charge in [-0.25, -0.2) is 4.98 Å². The van der Waals surface area contributed by atoms with E-state index in [-0.39, 0.29) is 0 Å². The van der Waals surface area contributed by atoms with Gasteiger partial charge in [-0.15, -0.1) is 0 Å². The number of hydrogen-bond donors (Lipinski definition) is 1. The van der Waals surface area contributed by atoms with E-state index in [1.54, 1.807) is 0 Å². The number of anilines is 1. The van der Waals surface area contributed by atoms with Gasteiger partial charge in [-0.2, -0.15) is 5.26 Å². The lowest BCUT2D eigenvalue weighted by molar-refractivity contribution is 0.746. The van der Waals surface area contributed by atoms with Gasteiger partial charge in [0.15, 0.2) is 5.65 Å². The first-order valence-electron chi connectivity index (χ1n) is 10.8. The van der Waals surface area contributed by atoms with Gasteiger partial charge in [0.1, 0.15) is 11.9 Å². The van der Waals surface area contributed by atoms with Crippen molar-refractivity contribution in [3.8, 4) is 6.07 Å². The molecule has 30 heavy (non-hydrogen) atoms. The molecule has 0 saturated heterocycles. The molecule has 0 bridgehead atoms. The van der Waals surface area contributed by atoms with Gasteiger partial charge in [-0.1, -0.05) is 54.8 Å². The number of rotatable bonds is 4. The molecule has 4 aromatic rings. The lowest BCUT2D eigenvalue weighted by Gasteiger charge is -2.22. The Kier molecular flexibility index (Phi) is 4.67. The first-order chi connectivity index (χ1) is 14.7. The molecule has 1 N–H and O–H groups in total. The van der Waals surface area contributed by atoms with E-state index >= 15 is 0 Å². The Balaban J connectivity index is 1.79. The van der Waals surface area contributed by atoms with Crippen LogP contribution in [0.2, 0.25) is 0 Å². The van der Waals surface area contributed by atoms with E-state index < -0.39 is 0 Å². The number of nitriles is 1. The third kappa shape index (κ3) is 3.11. The van der Waals surface area contributed by atoms with Crippen LogP contribution in [-0.2, 0) is 6.42 Å². The summed E-state index contributed by atoms with van der Waals surface area (Å²) in [5, 5.41) is 13.9. The van der Waals surface area contributed by atoms with Crippen LogP contribution in [0, 0.1) is 25.2 Å². The van der Waals surface area contributed by atoms with Gasteiger partial charge < -0.3 is 5.32 Å². The van der Waals surface area contributed by atoms with Gasteiger partial charge in [-0.3, -0.25) is 4.40 Å². The monoisotopic (exact) mass is 394 g/mol. The van der Waals surface area contributed by atoms with E-state index in [0.717, 1.165) is 34.5 Å². The summed E-state index contributed by atoms with van der Waals surface area (Å²) >= 11 is 0. The molecule has 0 radical (unpaired) electrons. The van der Waals surface area contributed by atoms with Crippen LogP contribution in [0.3, 0.4) is 0 Å². The smallest absolute Gasteiger partial charge is 0.157 e. The highest BCUT2D eigenvalue weighted by Crippen LogP contribution is 2.34. The lowest BCUT2D eigenvalue weighted by atomic mass is 9.97. The summed E-state index contributed by atoms with van der Waals surface area (Å²) in [5.74, 6) is 1.10. The highest BCUT2D eigenvalue weighted by Gasteiger charge is 2.24. The predicted octanol–water partition coefficient (Wildman–Crippen LogP) is 5.92. The lowest BCUT2D eigenvalue weighted by Crippen LogP contribution is -2.20. The zero-order valence-electron chi connectivity index (χ0n) is 17.6. The highest BCUT2D eigenvalue weighted by atomic mass is 15.1. The molecule has 2 aromatic heterocycles. The van der Waals surface area contributed by atoms with Crippen LogP contribution in [0.1, 0.15) is 53.5 Å². The quantitative estimate of drug-likeness (QED) is 0.467. The number of hydrogen-bond acceptors (Lipinski definition) is 3. The van der Waals surface area contributed by atoms with Crippen molar-refractivity contribution < 1.29 is 0 Å². The molecule has 2 aromatic carbocycles. The van der Waals surface area contributed by atoms with Gasteiger partial charge in [0, 0.05) is 18.0 Å². The van der Waals surface area contributed by atoms with Crippen molar-refractivity contribution in [3.05, 3.63) is 76.3 Å². The minimum atomic E-state index is 0.471. The van der Waals surface area contributed by atoms with E-state index in [2.05, 4.69) is 60.0 Å². The molecule has 5 rings (SSSR count). The second-order valence-corrected chi connectivity index (χ2v) is 8.49. The third-order valence-electron chi connectivity index (χ3n) is 6.43. The molecule has 1 fully saturated rings. The first-order valence-corrected chi connectivity index (χ1v) is 10.8. The van der Waals surface area contributed by atoms with E-state index in [4.69, 9.17) is 4.98 Å². The molecule has 1 saturated carbocycles. The number of aryl methyl sites for hydroxylation is 1. The normalized spacial score (nSPS) is 14.4. The number of pyridine rings is 1. The van der Waals surface area contributed by atoms with E-state index in [1.165, 1.54) is 42.4 Å². The van der Waals surface area contributed by atoms with Crippen LogP contribution in [0.5, 0.6) is 0 Å². The zero-order chi connectivity index (χ0) is 20.7. The SMILES string of the molecule is Cc1ccc(Cc2c(C)c(C#N)c3nc4ccccc4n3c2NC2CCCC2)cc1. The van der Waals surface area contributed by atoms with Gasteiger partial charge in [-0.05, 0) is 49.9 Å². The fourth-order valence-electron chi connectivity index (χ4n) is 4.73. The molecular formula is C26H26N4. The molecule has 0 spiro atoms. The van der Waals surface area contributed by atoms with Crippen LogP contribution in [0.15, 0.2) is 48.5 Å². The van der Waals surface area contributed by atoms with Crippen molar-refractivity contribution in [2.75, 3.05) is 5.32 Å². The van der Waals surface area contributed by atoms with Crippen molar-refractivity contribution in [1.82, 2.24) is 9.38 Å². The number of nitrogens with one attached hydrogen (secondary N) is 1. The highest BCUT2D eigenvalue weighted by molar-refractivity contribution is 5.86. The number of para-hydroxylation sites is 2. The van der Waals surface area contributed by atoms with Crippen molar-refractivity contribution in [1.29, 1.82) is 5.26 Å². The second-order valence-electron chi connectivity index (χ2n) is 8.49. The number of benzene rings is 2. The average molecular weight is 395 g/mol. The first kappa shape index (κ1) is 18.7.